The number of hydrogen-bond acceptors (Lipinski definition) is 0. The molecule has 0 fully saturated rings. The van der Waals surface area contributed by atoms with Crippen molar-refractivity contribution in [2.75, 3.05) is 0 Å². The van der Waals surface area contributed by atoms with Crippen molar-refractivity contribution in [3.63, 3.8) is 0 Å². The smallest absolute Gasteiger partial charge is 0.497 e. The molecule has 0 saturated carbocycles. The van der Waals surface area contributed by atoms with Crippen LogP contribution in [-0.2, 0) is 0 Å². The van der Waals surface area contributed by atoms with E-state index in [2.05, 4.69) is 13.0 Å². The molecule has 0 spiro atoms. The van der Waals surface area contributed by atoms with Crippen molar-refractivity contribution >= 4 is 0 Å². The molecule has 0 aromatic carbocycles. The Hall–Kier alpha value is 0.337. The molecule has 1 aliphatic carbocycles. The molecule has 0 saturated heterocycles. The Morgan fingerprint density at radius 2 is 2.38 bits per heavy atom. The molecule has 0 bridgehead atoms. The first-order valence-electron chi connectivity index (χ1n) is 3.02. The molecule has 1 rings (SSSR count). The average molecular weight is 102 g/mol. The molecule has 8 heavy (non-hydrogen) atoms. The molecule has 1 heteroatoms. The fourth-order valence-corrected chi connectivity index (χ4v) is 0.957. The van der Waals surface area contributed by atoms with E-state index in [1.807, 2.05) is 0 Å². The van der Waals surface area contributed by atoms with E-state index in [1.54, 1.807) is 5.57 Å². The van der Waals surface area contributed by atoms with Crippen molar-refractivity contribution in [3.05, 3.63) is 11.6 Å². The molecule has 0 heterocycles. The molecule has 0 nitrogen and oxygen atoms in total. The predicted octanol–water partition coefficient (Wildman–Crippen LogP) is -0.686. The Bertz CT molecular complexity index is 84.4. The van der Waals surface area contributed by atoms with Crippen molar-refractivity contribution in [2.24, 2.45) is 0 Å². The molecule has 0 N–H and O–H groups in total. The third-order valence-corrected chi connectivity index (χ3v) is 1.46. The van der Waals surface area contributed by atoms with Crippen LogP contribution in [0.25, 0.3) is 0 Å². The minimum atomic E-state index is 0. The Morgan fingerprint density at radius 3 is 2.62 bits per heavy atom. The average Bonchev–Trinajstić information content (AvgIpc) is 2.14. The van der Waals surface area contributed by atoms with Crippen molar-refractivity contribution in [1.29, 1.82) is 0 Å². The Kier molecular flexibility index (Phi) is 4.42. The van der Waals surface area contributed by atoms with Crippen molar-refractivity contribution in [3.8, 4) is 0 Å². The van der Waals surface area contributed by atoms with Gasteiger partial charge in [-0.3, -0.25) is 5.57 Å². The van der Waals surface area contributed by atoms with Gasteiger partial charge in [0.15, 0.2) is 0 Å². The summed E-state index contributed by atoms with van der Waals surface area (Å²) in [6.07, 6.45) is 8.42. The zero-order chi connectivity index (χ0) is 5.11. The van der Waals surface area contributed by atoms with Gasteiger partial charge in [-0.2, -0.15) is 6.42 Å². The van der Waals surface area contributed by atoms with Crippen LogP contribution >= 0.6 is 0 Å². The molecule has 0 amide bonds. The fraction of sp³-hybridized carbons (Fsp3) is 0.714. The third-order valence-electron chi connectivity index (χ3n) is 1.46. The predicted molar refractivity (Wildman–Crippen MR) is 30.9 cm³/mol. The van der Waals surface area contributed by atoms with E-state index in [4.69, 9.17) is 0 Å². The maximum atomic E-state index is 3.32. The first kappa shape index (κ1) is 8.34. The molecule has 0 unspecified atom stereocenters. The Morgan fingerprint density at radius 1 is 1.62 bits per heavy atom. The van der Waals surface area contributed by atoms with Crippen LogP contribution in [0.4, 0.5) is 0 Å². The monoisotopic (exact) mass is 102 g/mol. The van der Waals surface area contributed by atoms with Gasteiger partial charge in [0.1, 0.15) is 0 Å². The Labute approximate surface area is 63.5 Å². The van der Waals surface area contributed by atoms with Crippen LogP contribution < -0.4 is 18.9 Å². The molecule has 0 radical (unpaired) electrons. The van der Waals surface area contributed by atoms with E-state index in [0.29, 0.717) is 0 Å². The van der Waals surface area contributed by atoms with Gasteiger partial charge in [0, 0.05) is 0 Å². The van der Waals surface area contributed by atoms with Crippen molar-refractivity contribution < 1.29 is 18.9 Å². The van der Waals surface area contributed by atoms with E-state index in [9.17, 15) is 0 Å². The maximum absolute atomic E-state index is 3.32. The summed E-state index contributed by atoms with van der Waals surface area (Å²) in [5, 5.41) is 0. The maximum Gasteiger partial charge on any atom is 1.00 e. The number of hydrogen-bond donors (Lipinski definition) is 0. The number of allylic oxidation sites excluding steroid dienone is 2. The standard InChI is InChI=1S/C7H11.Li/c1-2-7-5-3-4-6-7;/h2-5H2,1H3;/q-1;+1. The zero-order valence-electron chi connectivity index (χ0n) is 5.83. The van der Waals surface area contributed by atoms with Gasteiger partial charge >= 0.3 is 18.9 Å². The van der Waals surface area contributed by atoms with Crippen LogP contribution in [0.1, 0.15) is 32.6 Å². The molecule has 0 aromatic rings. The zero-order valence-corrected chi connectivity index (χ0v) is 5.83. The van der Waals surface area contributed by atoms with Crippen LogP contribution in [0.2, 0.25) is 0 Å². The van der Waals surface area contributed by atoms with Gasteiger partial charge < -0.3 is 6.08 Å². The van der Waals surface area contributed by atoms with Gasteiger partial charge in [-0.25, -0.2) is 0 Å². The molecular formula is C7H11Li. The van der Waals surface area contributed by atoms with Crippen molar-refractivity contribution in [2.45, 2.75) is 32.6 Å². The first-order chi connectivity index (χ1) is 3.43. The van der Waals surface area contributed by atoms with E-state index >= 15 is 0 Å². The second-order valence-electron chi connectivity index (χ2n) is 1.99. The summed E-state index contributed by atoms with van der Waals surface area (Å²) in [6.45, 7) is 2.20. The van der Waals surface area contributed by atoms with E-state index < -0.39 is 0 Å². The topological polar surface area (TPSA) is 0 Å². The summed E-state index contributed by atoms with van der Waals surface area (Å²) in [4.78, 5) is 0. The summed E-state index contributed by atoms with van der Waals surface area (Å²) < 4.78 is 0. The molecule has 40 valence electrons. The Balaban J connectivity index is 0.000000490. The second kappa shape index (κ2) is 4.24. The van der Waals surface area contributed by atoms with Gasteiger partial charge in [-0.15, -0.1) is 0 Å². The normalized spacial score (nSPS) is 17.4. The summed E-state index contributed by atoms with van der Waals surface area (Å²) >= 11 is 0. The molecule has 1 aliphatic rings. The molecule has 0 aliphatic heterocycles. The third kappa shape index (κ3) is 2.07. The summed E-state index contributed by atoms with van der Waals surface area (Å²) in [5.41, 5.74) is 1.54. The SMILES string of the molecule is CCC1=[C-]CCC1.[Li+]. The van der Waals surface area contributed by atoms with Gasteiger partial charge in [0.05, 0.1) is 0 Å². The van der Waals surface area contributed by atoms with E-state index in [-0.39, 0.29) is 18.9 Å². The first-order valence-corrected chi connectivity index (χ1v) is 3.02. The van der Waals surface area contributed by atoms with Gasteiger partial charge in [0.2, 0.25) is 0 Å². The van der Waals surface area contributed by atoms with Crippen LogP contribution in [0.5, 0.6) is 0 Å². The van der Waals surface area contributed by atoms with Crippen LogP contribution in [0.3, 0.4) is 0 Å². The van der Waals surface area contributed by atoms with Crippen LogP contribution in [0, 0.1) is 6.08 Å². The van der Waals surface area contributed by atoms with Crippen molar-refractivity contribution in [1.82, 2.24) is 0 Å². The van der Waals surface area contributed by atoms with Gasteiger partial charge in [-0.1, -0.05) is 26.2 Å². The van der Waals surface area contributed by atoms with E-state index in [0.717, 1.165) is 0 Å². The largest absolute Gasteiger partial charge is 1.00 e. The summed E-state index contributed by atoms with van der Waals surface area (Å²) in [5.74, 6) is 0. The fourth-order valence-electron chi connectivity index (χ4n) is 0.957. The summed E-state index contributed by atoms with van der Waals surface area (Å²) in [6, 6.07) is 0. The van der Waals surface area contributed by atoms with E-state index in [1.165, 1.54) is 25.7 Å². The molecular weight excluding hydrogens is 91.0 g/mol. The van der Waals surface area contributed by atoms with Gasteiger partial charge in [0.25, 0.3) is 0 Å². The second-order valence-corrected chi connectivity index (χ2v) is 1.99. The minimum absolute atomic E-state index is 0. The molecule has 0 atom stereocenters. The minimum Gasteiger partial charge on any atom is -0.497 e. The molecule has 0 aromatic heterocycles. The number of rotatable bonds is 1. The van der Waals surface area contributed by atoms with Crippen LogP contribution in [-0.4, -0.2) is 0 Å². The van der Waals surface area contributed by atoms with Crippen LogP contribution in [0.15, 0.2) is 5.57 Å². The quantitative estimate of drug-likeness (QED) is 0.304. The summed E-state index contributed by atoms with van der Waals surface area (Å²) in [7, 11) is 0. The van der Waals surface area contributed by atoms with Gasteiger partial charge in [-0.05, 0) is 0 Å².